The summed E-state index contributed by atoms with van der Waals surface area (Å²) in [5.41, 5.74) is 0.581. The Morgan fingerprint density at radius 1 is 1.20 bits per heavy atom. The molecule has 6 heteroatoms. The molecule has 1 aromatic heterocycles. The van der Waals surface area contributed by atoms with Crippen molar-refractivity contribution in [1.29, 1.82) is 0 Å². The fraction of sp³-hybridized carbons (Fsp3) is 0.458. The van der Waals surface area contributed by atoms with Crippen LogP contribution in [0.2, 0.25) is 0 Å². The summed E-state index contributed by atoms with van der Waals surface area (Å²) < 4.78 is 1.55. The van der Waals surface area contributed by atoms with Gasteiger partial charge < -0.3 is 5.32 Å². The number of carbonyl (C=O) groups is 1. The van der Waals surface area contributed by atoms with Gasteiger partial charge in [-0.05, 0) is 48.1 Å². The molecule has 0 bridgehead atoms. The summed E-state index contributed by atoms with van der Waals surface area (Å²) in [4.78, 5) is 30.5. The number of fused-ring (bicyclic) bond motifs is 2. The molecule has 0 saturated heterocycles. The molecule has 1 saturated carbocycles. The van der Waals surface area contributed by atoms with Crippen LogP contribution in [-0.2, 0) is 11.8 Å². The van der Waals surface area contributed by atoms with Gasteiger partial charge in [0, 0.05) is 13.1 Å². The molecule has 0 aliphatic heterocycles. The smallest absolute Gasteiger partial charge is 0.261 e. The average Bonchev–Trinajstić information content (AvgIpc) is 2.74. The zero-order chi connectivity index (χ0) is 21.4. The third-order valence-corrected chi connectivity index (χ3v) is 7.73. The molecule has 1 aliphatic carbocycles. The number of nitrogens with one attached hydrogen (secondary N) is 1. The van der Waals surface area contributed by atoms with Gasteiger partial charge in [0.05, 0.1) is 16.2 Å². The van der Waals surface area contributed by atoms with Crippen molar-refractivity contribution in [3.8, 4) is 0 Å². The van der Waals surface area contributed by atoms with Crippen molar-refractivity contribution >= 4 is 39.3 Å². The lowest BCUT2D eigenvalue weighted by Gasteiger charge is -2.35. The monoisotopic (exact) mass is 423 g/mol. The molecule has 4 rings (SSSR count). The van der Waals surface area contributed by atoms with Gasteiger partial charge in [0.1, 0.15) is 0 Å². The first kappa shape index (κ1) is 20.9. The molecule has 3 aromatic rings. The van der Waals surface area contributed by atoms with Gasteiger partial charge in [-0.2, -0.15) is 0 Å². The van der Waals surface area contributed by atoms with E-state index in [1.807, 2.05) is 43.3 Å². The Labute approximate surface area is 181 Å². The Morgan fingerprint density at radius 3 is 2.63 bits per heavy atom. The zero-order valence-corrected chi connectivity index (χ0v) is 18.8. The lowest BCUT2D eigenvalue weighted by Crippen LogP contribution is -2.46. The minimum absolute atomic E-state index is 0.0128. The average molecular weight is 424 g/mol. The number of benzene rings is 2. The van der Waals surface area contributed by atoms with Gasteiger partial charge in [0.15, 0.2) is 5.16 Å². The predicted octanol–water partition coefficient (Wildman–Crippen LogP) is 4.51. The van der Waals surface area contributed by atoms with Crippen LogP contribution in [0, 0.1) is 11.8 Å². The van der Waals surface area contributed by atoms with Crippen LogP contribution in [0.4, 0.5) is 0 Å². The second kappa shape index (κ2) is 8.42. The lowest BCUT2D eigenvalue weighted by molar-refractivity contribution is -0.121. The summed E-state index contributed by atoms with van der Waals surface area (Å²) in [6.45, 7) is 6.37. The van der Waals surface area contributed by atoms with E-state index in [9.17, 15) is 9.59 Å². The fourth-order valence-electron chi connectivity index (χ4n) is 4.34. The van der Waals surface area contributed by atoms with E-state index < -0.39 is 0 Å². The molecular formula is C24H29N3O2S. The van der Waals surface area contributed by atoms with Crippen LogP contribution in [0.25, 0.3) is 21.7 Å². The van der Waals surface area contributed by atoms with E-state index >= 15 is 0 Å². The van der Waals surface area contributed by atoms with E-state index in [0.29, 0.717) is 27.9 Å². The Hall–Kier alpha value is -2.34. The molecule has 0 spiro atoms. The van der Waals surface area contributed by atoms with E-state index in [4.69, 9.17) is 4.98 Å². The van der Waals surface area contributed by atoms with Gasteiger partial charge in [0.25, 0.3) is 5.56 Å². The van der Waals surface area contributed by atoms with E-state index in [2.05, 4.69) is 19.2 Å². The molecule has 1 aliphatic rings. The molecular weight excluding hydrogens is 394 g/mol. The maximum atomic E-state index is 12.9. The number of carbonyl (C=O) groups excluding carboxylic acids is 1. The van der Waals surface area contributed by atoms with Crippen LogP contribution in [0.5, 0.6) is 0 Å². The Balaban J connectivity index is 1.58. The minimum Gasteiger partial charge on any atom is -0.352 e. The van der Waals surface area contributed by atoms with Crippen molar-refractivity contribution in [1.82, 2.24) is 14.9 Å². The maximum Gasteiger partial charge on any atom is 0.261 e. The molecule has 1 amide bonds. The number of nitrogens with zero attached hydrogens (tertiary/aromatic N) is 2. The molecule has 1 fully saturated rings. The van der Waals surface area contributed by atoms with Crippen LogP contribution in [-0.4, -0.2) is 26.8 Å². The van der Waals surface area contributed by atoms with E-state index in [-0.39, 0.29) is 22.8 Å². The maximum absolute atomic E-state index is 12.9. The Morgan fingerprint density at radius 2 is 1.90 bits per heavy atom. The first-order valence-corrected chi connectivity index (χ1v) is 11.6. The first-order chi connectivity index (χ1) is 14.3. The molecule has 4 atom stereocenters. The van der Waals surface area contributed by atoms with Gasteiger partial charge >= 0.3 is 0 Å². The fourth-order valence-corrected chi connectivity index (χ4v) is 5.22. The van der Waals surface area contributed by atoms with Gasteiger partial charge in [0.2, 0.25) is 5.91 Å². The largest absolute Gasteiger partial charge is 0.352 e. The second-order valence-electron chi connectivity index (χ2n) is 8.62. The Kier molecular flexibility index (Phi) is 5.87. The zero-order valence-electron chi connectivity index (χ0n) is 18.0. The van der Waals surface area contributed by atoms with Gasteiger partial charge in [-0.25, -0.2) is 4.98 Å². The second-order valence-corrected chi connectivity index (χ2v) is 9.93. The predicted molar refractivity (Wildman–Crippen MR) is 124 cm³/mol. The highest BCUT2D eigenvalue weighted by Crippen LogP contribution is 2.30. The lowest BCUT2D eigenvalue weighted by atomic mass is 9.78. The van der Waals surface area contributed by atoms with Crippen LogP contribution in [0.15, 0.2) is 46.3 Å². The van der Waals surface area contributed by atoms with Crippen LogP contribution in [0.3, 0.4) is 0 Å². The van der Waals surface area contributed by atoms with Gasteiger partial charge in [-0.3, -0.25) is 14.2 Å². The SMILES string of the molecule is C[C@@H]1[C@H](C)CCC[C@@H]1NC(=O)[C@@H](C)Sc1nc2cc3ccccc3cc2c(=O)n1C. The topological polar surface area (TPSA) is 64.0 Å². The summed E-state index contributed by atoms with van der Waals surface area (Å²) >= 11 is 1.34. The van der Waals surface area contributed by atoms with E-state index in [1.165, 1.54) is 18.2 Å². The van der Waals surface area contributed by atoms with Gasteiger partial charge in [-0.1, -0.05) is 62.7 Å². The van der Waals surface area contributed by atoms with Gasteiger partial charge in [-0.15, -0.1) is 0 Å². The van der Waals surface area contributed by atoms with Crippen LogP contribution in [0.1, 0.15) is 40.0 Å². The third-order valence-electron chi connectivity index (χ3n) is 6.59. The standard InChI is InChI=1S/C24H29N3O2S/c1-14-8-7-11-20(15(14)2)25-22(28)16(3)30-24-26-21-13-18-10-6-5-9-17(18)12-19(21)23(29)27(24)4/h5-6,9-10,12-16,20H,7-8,11H2,1-4H3,(H,25,28)/t14-,15-,16-,20+/m1/s1. The molecule has 1 heterocycles. The molecule has 158 valence electrons. The van der Waals surface area contributed by atoms with E-state index in [1.54, 1.807) is 11.6 Å². The molecule has 1 N–H and O–H groups in total. The number of aromatic nitrogens is 2. The number of rotatable bonds is 4. The highest BCUT2D eigenvalue weighted by Gasteiger charge is 2.29. The summed E-state index contributed by atoms with van der Waals surface area (Å²) in [6.07, 6.45) is 3.43. The third kappa shape index (κ3) is 3.97. The normalized spacial score (nSPS) is 22.9. The van der Waals surface area contributed by atoms with Crippen molar-refractivity contribution in [3.05, 3.63) is 46.8 Å². The molecule has 5 nitrogen and oxygen atoms in total. The summed E-state index contributed by atoms with van der Waals surface area (Å²) in [5.74, 6) is 1.12. The van der Waals surface area contributed by atoms with Crippen molar-refractivity contribution < 1.29 is 4.79 Å². The van der Waals surface area contributed by atoms with Crippen LogP contribution < -0.4 is 10.9 Å². The molecule has 0 radical (unpaired) electrons. The quantitative estimate of drug-likeness (QED) is 0.381. The highest BCUT2D eigenvalue weighted by molar-refractivity contribution is 8.00. The van der Waals surface area contributed by atoms with Crippen molar-refractivity contribution in [3.63, 3.8) is 0 Å². The molecule has 0 unspecified atom stereocenters. The summed E-state index contributed by atoms with van der Waals surface area (Å²) in [6, 6.07) is 12.0. The number of hydrogen-bond donors (Lipinski definition) is 1. The van der Waals surface area contributed by atoms with Crippen molar-refractivity contribution in [2.24, 2.45) is 18.9 Å². The molecule has 30 heavy (non-hydrogen) atoms. The minimum atomic E-state index is -0.328. The van der Waals surface area contributed by atoms with E-state index in [0.717, 1.165) is 23.6 Å². The highest BCUT2D eigenvalue weighted by atomic mass is 32.2. The summed E-state index contributed by atoms with van der Waals surface area (Å²) in [7, 11) is 1.72. The number of hydrogen-bond acceptors (Lipinski definition) is 4. The van der Waals surface area contributed by atoms with Crippen molar-refractivity contribution in [2.45, 2.75) is 56.5 Å². The number of amides is 1. The Bertz CT molecular complexity index is 1160. The number of thioether (sulfide) groups is 1. The first-order valence-electron chi connectivity index (χ1n) is 10.7. The summed E-state index contributed by atoms with van der Waals surface area (Å²) in [5, 5.41) is 6.15. The molecule has 2 aromatic carbocycles. The van der Waals surface area contributed by atoms with Crippen LogP contribution >= 0.6 is 11.8 Å². The van der Waals surface area contributed by atoms with Crippen molar-refractivity contribution in [2.75, 3.05) is 0 Å².